The molecule has 0 aliphatic rings. The van der Waals surface area contributed by atoms with Gasteiger partial charge in [-0.3, -0.25) is 0 Å². The van der Waals surface area contributed by atoms with E-state index < -0.39 is 0 Å². The Morgan fingerprint density at radius 2 is 1.95 bits per heavy atom. The molecule has 1 heterocycles. The Balaban J connectivity index is 2.11. The first-order valence-electron chi connectivity index (χ1n) is 7.40. The molecule has 2 unspecified atom stereocenters. The van der Waals surface area contributed by atoms with Gasteiger partial charge < -0.3 is 5.32 Å². The van der Waals surface area contributed by atoms with Crippen LogP contribution < -0.4 is 5.32 Å². The van der Waals surface area contributed by atoms with E-state index >= 15 is 0 Å². The van der Waals surface area contributed by atoms with E-state index in [1.54, 1.807) is 0 Å². The maximum Gasteiger partial charge on any atom is 0.0732 e. The molecule has 1 aromatic heterocycles. The maximum absolute atomic E-state index is 4.23. The minimum Gasteiger partial charge on any atom is -0.316 e. The summed E-state index contributed by atoms with van der Waals surface area (Å²) in [6.07, 6.45) is 3.05. The number of nitrogens with zero attached hydrogens (tertiary/aromatic N) is 3. The third-order valence-electron chi connectivity index (χ3n) is 3.79. The van der Waals surface area contributed by atoms with Crippen molar-refractivity contribution in [3.63, 3.8) is 0 Å². The molecule has 0 radical (unpaired) electrons. The van der Waals surface area contributed by atoms with Gasteiger partial charge >= 0.3 is 0 Å². The van der Waals surface area contributed by atoms with E-state index in [0.29, 0.717) is 11.8 Å². The fourth-order valence-electron chi connectivity index (χ4n) is 2.30. The van der Waals surface area contributed by atoms with Crippen LogP contribution in [0.25, 0.3) is 5.69 Å². The molecule has 0 aliphatic carbocycles. The van der Waals surface area contributed by atoms with Crippen molar-refractivity contribution < 1.29 is 0 Å². The summed E-state index contributed by atoms with van der Waals surface area (Å²) in [5.41, 5.74) is 2.24. The molecule has 0 aliphatic heterocycles. The fraction of sp³-hybridized carbons (Fsp3) is 0.500. The zero-order valence-electron chi connectivity index (χ0n) is 12.6. The average molecular weight is 272 g/mol. The molecule has 0 spiro atoms. The Bertz CT molecular complexity index is 506. The highest BCUT2D eigenvalue weighted by molar-refractivity contribution is 5.32. The number of hydrogen-bond acceptors (Lipinski definition) is 3. The van der Waals surface area contributed by atoms with Crippen LogP contribution in [0.2, 0.25) is 0 Å². The molecule has 0 saturated heterocycles. The molecular weight excluding hydrogens is 248 g/mol. The number of rotatable bonds is 7. The van der Waals surface area contributed by atoms with Crippen LogP contribution >= 0.6 is 0 Å². The van der Waals surface area contributed by atoms with Gasteiger partial charge in [0.25, 0.3) is 0 Å². The van der Waals surface area contributed by atoms with E-state index in [0.717, 1.165) is 18.8 Å². The number of para-hydroxylation sites is 1. The molecule has 2 rings (SSSR count). The summed E-state index contributed by atoms with van der Waals surface area (Å²) < 4.78 is 1.95. The lowest BCUT2D eigenvalue weighted by Crippen LogP contribution is -2.26. The lowest BCUT2D eigenvalue weighted by atomic mass is 9.93. The van der Waals surface area contributed by atoms with Gasteiger partial charge in [-0.15, -0.1) is 5.10 Å². The lowest BCUT2D eigenvalue weighted by Gasteiger charge is -2.21. The first-order valence-corrected chi connectivity index (χ1v) is 7.40. The molecule has 1 N–H and O–H groups in total. The molecule has 4 heteroatoms. The number of nitrogens with one attached hydrogen (secondary N) is 1. The van der Waals surface area contributed by atoms with Gasteiger partial charge in [0.2, 0.25) is 0 Å². The first kappa shape index (κ1) is 14.7. The van der Waals surface area contributed by atoms with Crippen LogP contribution in [0.3, 0.4) is 0 Å². The summed E-state index contributed by atoms with van der Waals surface area (Å²) in [5.74, 6) is 0.956. The largest absolute Gasteiger partial charge is 0.316 e. The highest BCUT2D eigenvalue weighted by atomic mass is 15.4. The van der Waals surface area contributed by atoms with Crippen molar-refractivity contribution in [2.45, 2.75) is 33.1 Å². The Morgan fingerprint density at radius 1 is 1.20 bits per heavy atom. The average Bonchev–Trinajstić information content (AvgIpc) is 2.97. The van der Waals surface area contributed by atoms with Gasteiger partial charge in [0.1, 0.15) is 0 Å². The number of hydrogen-bond donors (Lipinski definition) is 1. The van der Waals surface area contributed by atoms with Gasteiger partial charge in [-0.2, -0.15) is 0 Å². The van der Waals surface area contributed by atoms with Crippen molar-refractivity contribution in [1.82, 2.24) is 20.3 Å². The van der Waals surface area contributed by atoms with Crippen LogP contribution in [0.1, 0.15) is 38.8 Å². The molecule has 2 aromatic rings. The van der Waals surface area contributed by atoms with Gasteiger partial charge in [-0.05, 0) is 37.6 Å². The van der Waals surface area contributed by atoms with Crippen LogP contribution in [0.15, 0.2) is 36.5 Å². The summed E-state index contributed by atoms with van der Waals surface area (Å²) in [6.45, 7) is 8.81. The van der Waals surface area contributed by atoms with E-state index in [-0.39, 0.29) is 0 Å². The van der Waals surface area contributed by atoms with E-state index in [1.807, 2.05) is 29.1 Å². The minimum absolute atomic E-state index is 0.412. The number of aromatic nitrogens is 3. The molecule has 4 nitrogen and oxygen atoms in total. The van der Waals surface area contributed by atoms with Gasteiger partial charge in [-0.1, -0.05) is 44.2 Å². The second-order valence-electron chi connectivity index (χ2n) is 5.38. The van der Waals surface area contributed by atoms with Crippen LogP contribution in [0.5, 0.6) is 0 Å². The topological polar surface area (TPSA) is 42.7 Å². The van der Waals surface area contributed by atoms with Crippen LogP contribution in [-0.4, -0.2) is 28.1 Å². The quantitative estimate of drug-likeness (QED) is 0.788. The summed E-state index contributed by atoms with van der Waals surface area (Å²) in [7, 11) is 0. The molecular formula is C16H24N4. The van der Waals surface area contributed by atoms with E-state index in [2.05, 4.69) is 48.5 Å². The lowest BCUT2D eigenvalue weighted by molar-refractivity contribution is 0.435. The SMILES string of the molecule is CCCNCC(C)C(C)c1cnnn1-c1ccccc1. The molecule has 0 fully saturated rings. The Labute approximate surface area is 121 Å². The third-order valence-corrected chi connectivity index (χ3v) is 3.79. The zero-order chi connectivity index (χ0) is 14.4. The van der Waals surface area contributed by atoms with Crippen molar-refractivity contribution in [1.29, 1.82) is 0 Å². The molecule has 108 valence electrons. The minimum atomic E-state index is 0.412. The van der Waals surface area contributed by atoms with E-state index in [4.69, 9.17) is 0 Å². The Morgan fingerprint density at radius 3 is 2.65 bits per heavy atom. The van der Waals surface area contributed by atoms with Gasteiger partial charge in [0.15, 0.2) is 0 Å². The van der Waals surface area contributed by atoms with Crippen molar-refractivity contribution >= 4 is 0 Å². The maximum atomic E-state index is 4.23. The Hall–Kier alpha value is -1.68. The molecule has 0 saturated carbocycles. The summed E-state index contributed by atoms with van der Waals surface area (Å²) >= 11 is 0. The third kappa shape index (κ3) is 3.45. The van der Waals surface area contributed by atoms with Gasteiger partial charge in [0, 0.05) is 5.92 Å². The number of benzene rings is 1. The summed E-state index contributed by atoms with van der Waals surface area (Å²) in [4.78, 5) is 0. The first-order chi connectivity index (χ1) is 9.74. The van der Waals surface area contributed by atoms with Crippen molar-refractivity contribution in [3.8, 4) is 5.69 Å². The van der Waals surface area contributed by atoms with Crippen molar-refractivity contribution in [2.75, 3.05) is 13.1 Å². The van der Waals surface area contributed by atoms with E-state index in [9.17, 15) is 0 Å². The smallest absolute Gasteiger partial charge is 0.0732 e. The van der Waals surface area contributed by atoms with Crippen LogP contribution in [0, 0.1) is 5.92 Å². The molecule has 0 bridgehead atoms. The van der Waals surface area contributed by atoms with Crippen molar-refractivity contribution in [3.05, 3.63) is 42.2 Å². The molecule has 0 amide bonds. The molecule has 1 aromatic carbocycles. The summed E-state index contributed by atoms with van der Waals surface area (Å²) in [6, 6.07) is 10.2. The second kappa shape index (κ2) is 7.20. The second-order valence-corrected chi connectivity index (χ2v) is 5.38. The Kier molecular flexibility index (Phi) is 5.30. The molecule has 20 heavy (non-hydrogen) atoms. The fourth-order valence-corrected chi connectivity index (χ4v) is 2.30. The normalized spacial score (nSPS) is 14.2. The predicted octanol–water partition coefficient (Wildman–Crippen LogP) is 3.01. The highest BCUT2D eigenvalue weighted by Gasteiger charge is 2.19. The van der Waals surface area contributed by atoms with Gasteiger partial charge in [0.05, 0.1) is 17.6 Å². The zero-order valence-corrected chi connectivity index (χ0v) is 12.6. The van der Waals surface area contributed by atoms with Crippen molar-refractivity contribution in [2.24, 2.45) is 5.92 Å². The standard InChI is InChI=1S/C16H24N4/c1-4-10-17-11-13(2)14(3)16-12-18-19-20(16)15-8-6-5-7-9-15/h5-9,12-14,17H,4,10-11H2,1-3H3. The summed E-state index contributed by atoms with van der Waals surface area (Å²) in [5, 5.41) is 11.8. The highest BCUT2D eigenvalue weighted by Crippen LogP contribution is 2.24. The van der Waals surface area contributed by atoms with Crippen LogP contribution in [0.4, 0.5) is 0 Å². The monoisotopic (exact) mass is 272 g/mol. The van der Waals surface area contributed by atoms with Crippen LogP contribution in [-0.2, 0) is 0 Å². The van der Waals surface area contributed by atoms with E-state index in [1.165, 1.54) is 12.1 Å². The predicted molar refractivity (Wildman–Crippen MR) is 82.1 cm³/mol. The molecule has 2 atom stereocenters. The van der Waals surface area contributed by atoms with Gasteiger partial charge in [-0.25, -0.2) is 4.68 Å².